The molecule has 1 fully saturated rings. The van der Waals surface area contributed by atoms with Gasteiger partial charge in [-0.1, -0.05) is 60.7 Å². The Bertz CT molecular complexity index is 1550. The lowest BCUT2D eigenvalue weighted by molar-refractivity contribution is -0.136. The summed E-state index contributed by atoms with van der Waals surface area (Å²) in [6.07, 6.45) is 1.23. The monoisotopic (exact) mass is 553 g/mol. The first-order valence-corrected chi connectivity index (χ1v) is 13.7. The van der Waals surface area contributed by atoms with Gasteiger partial charge in [0, 0.05) is 62.8 Å². The van der Waals surface area contributed by atoms with Crippen LogP contribution in [0, 0.1) is 0 Å². The van der Waals surface area contributed by atoms with Crippen LogP contribution in [0.25, 0.3) is 10.9 Å². The van der Waals surface area contributed by atoms with E-state index in [1.807, 2.05) is 78.3 Å². The van der Waals surface area contributed by atoms with Gasteiger partial charge in [0.05, 0.1) is 11.7 Å². The first-order valence-electron chi connectivity index (χ1n) is 13.7. The molecular formula is C32H35N5O4. The minimum Gasteiger partial charge on any atom is -0.399 e. The Kier molecular flexibility index (Phi) is 8.07. The van der Waals surface area contributed by atoms with Gasteiger partial charge < -0.3 is 30.5 Å². The molecule has 1 unspecified atom stereocenters. The fraction of sp³-hybridized carbons (Fsp3) is 0.281. The standard InChI is InChI=1S/C32H35N5O4/c1-35-20-26(25-10-6-7-11-28(25)35)31(40)37-19-24(38)17-29(37)30(39)34-27(16-21-12-14-23(33)15-13-21)32(41)36(2)18-22-8-4-3-5-9-22/h3-15,20,24,27,29,38H,16-19,33H2,1-2H3,(H,34,39)/t24-,27-,29?/m1/s1. The zero-order chi connectivity index (χ0) is 29.1. The van der Waals surface area contributed by atoms with Crippen molar-refractivity contribution in [2.24, 2.45) is 7.05 Å². The van der Waals surface area contributed by atoms with Gasteiger partial charge in [0.25, 0.3) is 5.91 Å². The third-order valence-electron chi connectivity index (χ3n) is 7.64. The van der Waals surface area contributed by atoms with Gasteiger partial charge in [-0.15, -0.1) is 0 Å². The number of β-amino-alcohol motifs (C(OH)–C–C–N with tert-alkyl or cyclic N) is 1. The number of para-hydroxylation sites is 1. The minimum absolute atomic E-state index is 0.0324. The van der Waals surface area contributed by atoms with Crippen LogP contribution in [0.3, 0.4) is 0 Å². The fourth-order valence-corrected chi connectivity index (χ4v) is 5.51. The van der Waals surface area contributed by atoms with Crippen molar-refractivity contribution >= 4 is 34.3 Å². The van der Waals surface area contributed by atoms with Crippen molar-refractivity contribution in [3.63, 3.8) is 0 Å². The topological polar surface area (TPSA) is 121 Å². The average molecular weight is 554 g/mol. The molecule has 1 aliphatic rings. The van der Waals surface area contributed by atoms with Crippen LogP contribution >= 0.6 is 0 Å². The summed E-state index contributed by atoms with van der Waals surface area (Å²) < 4.78 is 1.87. The number of aliphatic hydroxyl groups is 1. The number of anilines is 1. The SMILES string of the molecule is CN(Cc1ccccc1)C(=O)[C@@H](Cc1ccc(N)cc1)NC(=O)C1C[C@@H](O)CN1C(=O)c1cn(C)c2ccccc12. The highest BCUT2D eigenvalue weighted by molar-refractivity contribution is 6.08. The number of fused-ring (bicyclic) bond motifs is 1. The van der Waals surface area contributed by atoms with Crippen LogP contribution in [0.4, 0.5) is 5.69 Å². The molecular weight excluding hydrogens is 518 g/mol. The number of rotatable bonds is 8. The van der Waals surface area contributed by atoms with Crippen LogP contribution in [-0.2, 0) is 29.6 Å². The van der Waals surface area contributed by atoms with E-state index in [1.165, 1.54) is 4.90 Å². The zero-order valence-corrected chi connectivity index (χ0v) is 23.2. The normalized spacial score (nSPS) is 17.4. The van der Waals surface area contributed by atoms with E-state index in [9.17, 15) is 19.5 Å². The number of likely N-dealkylation sites (N-methyl/N-ethyl adjacent to an activating group) is 1. The highest BCUT2D eigenvalue weighted by Gasteiger charge is 2.41. The second kappa shape index (κ2) is 11.9. The van der Waals surface area contributed by atoms with Crippen LogP contribution in [0.15, 0.2) is 85.1 Å². The Labute approximate surface area is 239 Å². The molecule has 0 saturated carbocycles. The van der Waals surface area contributed by atoms with Crippen molar-refractivity contribution in [2.75, 3.05) is 19.3 Å². The molecule has 0 radical (unpaired) electrons. The summed E-state index contributed by atoms with van der Waals surface area (Å²) in [6, 6.07) is 22.5. The molecule has 4 N–H and O–H groups in total. The molecule has 0 bridgehead atoms. The van der Waals surface area contributed by atoms with Crippen LogP contribution < -0.4 is 11.1 Å². The van der Waals surface area contributed by atoms with Crippen molar-refractivity contribution in [2.45, 2.75) is 37.6 Å². The summed E-state index contributed by atoms with van der Waals surface area (Å²) in [5, 5.41) is 14.2. The van der Waals surface area contributed by atoms with Gasteiger partial charge in [-0.3, -0.25) is 14.4 Å². The number of likely N-dealkylation sites (tertiary alicyclic amines) is 1. The Morgan fingerprint density at radius 3 is 2.41 bits per heavy atom. The van der Waals surface area contributed by atoms with E-state index in [-0.39, 0.29) is 31.2 Å². The van der Waals surface area contributed by atoms with Crippen LogP contribution in [0.5, 0.6) is 0 Å². The van der Waals surface area contributed by atoms with Gasteiger partial charge in [0.1, 0.15) is 12.1 Å². The maximum absolute atomic E-state index is 13.7. The Morgan fingerprint density at radius 1 is 1.00 bits per heavy atom. The van der Waals surface area contributed by atoms with E-state index >= 15 is 0 Å². The molecule has 1 aromatic heterocycles. The molecule has 3 amide bonds. The number of carbonyl (C=O) groups excluding carboxylic acids is 3. The number of nitrogen functional groups attached to an aromatic ring is 1. The van der Waals surface area contributed by atoms with Crippen LogP contribution in [0.1, 0.15) is 27.9 Å². The van der Waals surface area contributed by atoms with E-state index < -0.39 is 24.1 Å². The van der Waals surface area contributed by atoms with Crippen molar-refractivity contribution in [1.82, 2.24) is 19.7 Å². The van der Waals surface area contributed by atoms with Gasteiger partial charge >= 0.3 is 0 Å². The van der Waals surface area contributed by atoms with Gasteiger partial charge in [-0.2, -0.15) is 0 Å². The third kappa shape index (κ3) is 6.10. The molecule has 0 aliphatic carbocycles. The third-order valence-corrected chi connectivity index (χ3v) is 7.64. The first kappa shape index (κ1) is 27.9. The maximum Gasteiger partial charge on any atom is 0.256 e. The lowest BCUT2D eigenvalue weighted by atomic mass is 10.0. The minimum atomic E-state index is -0.919. The Balaban J connectivity index is 1.38. The molecule has 9 nitrogen and oxygen atoms in total. The highest BCUT2D eigenvalue weighted by atomic mass is 16.3. The van der Waals surface area contributed by atoms with E-state index in [4.69, 9.17) is 5.73 Å². The largest absolute Gasteiger partial charge is 0.399 e. The van der Waals surface area contributed by atoms with Crippen molar-refractivity contribution in [1.29, 1.82) is 0 Å². The summed E-state index contributed by atoms with van der Waals surface area (Å²) >= 11 is 0. The van der Waals surface area contributed by atoms with E-state index in [1.54, 1.807) is 30.3 Å². The van der Waals surface area contributed by atoms with Crippen LogP contribution in [-0.4, -0.2) is 69.0 Å². The average Bonchev–Trinajstić information content (AvgIpc) is 3.53. The van der Waals surface area contributed by atoms with Crippen molar-refractivity contribution in [3.05, 3.63) is 102 Å². The number of benzene rings is 3. The predicted molar refractivity (Wildman–Crippen MR) is 158 cm³/mol. The molecule has 1 saturated heterocycles. The summed E-state index contributed by atoms with van der Waals surface area (Å²) in [4.78, 5) is 44.1. The number of carbonyl (C=O) groups is 3. The summed E-state index contributed by atoms with van der Waals surface area (Å²) in [7, 11) is 3.56. The van der Waals surface area contributed by atoms with Crippen molar-refractivity contribution < 1.29 is 19.5 Å². The maximum atomic E-state index is 13.7. The number of nitrogens with one attached hydrogen (secondary N) is 1. The highest BCUT2D eigenvalue weighted by Crippen LogP contribution is 2.26. The van der Waals surface area contributed by atoms with Gasteiger partial charge in [-0.05, 0) is 29.3 Å². The molecule has 41 heavy (non-hydrogen) atoms. The molecule has 5 rings (SSSR count). The molecule has 1 aliphatic heterocycles. The number of aromatic nitrogens is 1. The van der Waals surface area contributed by atoms with Gasteiger partial charge in [-0.25, -0.2) is 0 Å². The molecule has 9 heteroatoms. The molecule has 212 valence electrons. The lowest BCUT2D eigenvalue weighted by Crippen LogP contribution is -2.54. The van der Waals surface area contributed by atoms with E-state index in [2.05, 4.69) is 5.32 Å². The number of nitrogens with two attached hydrogens (primary N) is 1. The zero-order valence-electron chi connectivity index (χ0n) is 23.2. The Hall–Kier alpha value is -4.63. The molecule has 3 aromatic carbocycles. The van der Waals surface area contributed by atoms with Crippen molar-refractivity contribution in [3.8, 4) is 0 Å². The second-order valence-electron chi connectivity index (χ2n) is 10.7. The number of aliphatic hydroxyl groups excluding tert-OH is 1. The van der Waals surface area contributed by atoms with Crippen LogP contribution in [0.2, 0.25) is 0 Å². The summed E-state index contributed by atoms with van der Waals surface area (Å²) in [5.41, 5.74) is 9.61. The predicted octanol–water partition coefficient (Wildman–Crippen LogP) is 2.72. The number of nitrogens with zero attached hydrogens (tertiary/aromatic N) is 3. The summed E-state index contributed by atoms with van der Waals surface area (Å²) in [5.74, 6) is -1.07. The first-order chi connectivity index (χ1) is 19.7. The van der Waals surface area contributed by atoms with Gasteiger partial charge in [0.15, 0.2) is 0 Å². The second-order valence-corrected chi connectivity index (χ2v) is 10.7. The summed E-state index contributed by atoms with van der Waals surface area (Å²) in [6.45, 7) is 0.409. The number of amides is 3. The number of hydrogen-bond donors (Lipinski definition) is 3. The van der Waals surface area contributed by atoms with E-state index in [0.717, 1.165) is 22.0 Å². The van der Waals surface area contributed by atoms with E-state index in [0.29, 0.717) is 17.8 Å². The fourth-order valence-electron chi connectivity index (χ4n) is 5.51. The molecule has 2 heterocycles. The number of hydrogen-bond acceptors (Lipinski definition) is 5. The molecule has 3 atom stereocenters. The van der Waals surface area contributed by atoms with Gasteiger partial charge in [0.2, 0.25) is 11.8 Å². The number of aryl methyl sites for hydroxylation is 1. The Morgan fingerprint density at radius 2 is 1.68 bits per heavy atom. The molecule has 4 aromatic rings. The smallest absolute Gasteiger partial charge is 0.256 e. The molecule has 0 spiro atoms. The lowest BCUT2D eigenvalue weighted by Gasteiger charge is -2.28. The quantitative estimate of drug-likeness (QED) is 0.290.